The Morgan fingerprint density at radius 3 is 2.70 bits per heavy atom. The van der Waals surface area contributed by atoms with Crippen molar-refractivity contribution in [3.63, 3.8) is 0 Å². The van der Waals surface area contributed by atoms with Gasteiger partial charge in [0.15, 0.2) is 9.84 Å². The molecule has 0 aromatic heterocycles. The molecule has 6 nitrogen and oxygen atoms in total. The van der Waals surface area contributed by atoms with Gasteiger partial charge in [-0.3, -0.25) is 0 Å². The van der Waals surface area contributed by atoms with Crippen molar-refractivity contribution in [1.29, 1.82) is 0 Å². The lowest BCUT2D eigenvalue weighted by molar-refractivity contribution is 0.0601. The fraction of sp³-hybridized carbons (Fsp3) is 0.462. The average Bonchev–Trinajstić information content (AvgIpc) is 2.38. The molecule has 1 aliphatic rings. The Kier molecular flexibility index (Phi) is 3.89. The zero-order valence-electron chi connectivity index (χ0n) is 11.5. The van der Waals surface area contributed by atoms with E-state index in [0.717, 1.165) is 5.69 Å². The summed E-state index contributed by atoms with van der Waals surface area (Å²) in [4.78, 5) is 13.4. The van der Waals surface area contributed by atoms with E-state index in [1.807, 2.05) is 11.8 Å². The third-order valence-corrected chi connectivity index (χ3v) is 5.22. The highest BCUT2D eigenvalue weighted by molar-refractivity contribution is 7.91. The van der Waals surface area contributed by atoms with Crippen molar-refractivity contribution in [3.8, 4) is 0 Å². The van der Waals surface area contributed by atoms with Crippen molar-refractivity contribution in [2.24, 2.45) is 0 Å². The van der Waals surface area contributed by atoms with Crippen molar-refractivity contribution in [2.75, 3.05) is 35.8 Å². The molecule has 0 radical (unpaired) electrons. The number of carbonyl (C=O) groups is 1. The van der Waals surface area contributed by atoms with Gasteiger partial charge in [0.1, 0.15) is 0 Å². The first-order chi connectivity index (χ1) is 9.34. The topological polar surface area (TPSA) is 89.7 Å². The minimum Gasteiger partial charge on any atom is -0.465 e. The molecule has 7 heteroatoms. The normalized spacial score (nSPS) is 21.5. The molecule has 20 heavy (non-hydrogen) atoms. The Bertz CT molecular complexity index is 627. The van der Waals surface area contributed by atoms with Gasteiger partial charge in [0, 0.05) is 12.6 Å². The van der Waals surface area contributed by atoms with Crippen LogP contribution >= 0.6 is 0 Å². The lowest BCUT2D eigenvalue weighted by atomic mass is 10.1. The van der Waals surface area contributed by atoms with Crippen LogP contribution in [0.15, 0.2) is 18.2 Å². The van der Waals surface area contributed by atoms with Gasteiger partial charge in [-0.25, -0.2) is 13.2 Å². The number of hydrogen-bond donors (Lipinski definition) is 1. The molecular formula is C13H18N2O4S. The fourth-order valence-electron chi connectivity index (χ4n) is 2.42. The monoisotopic (exact) mass is 298 g/mol. The summed E-state index contributed by atoms with van der Waals surface area (Å²) in [7, 11) is -1.66. The van der Waals surface area contributed by atoms with Gasteiger partial charge < -0.3 is 15.4 Å². The molecule has 2 rings (SSSR count). The van der Waals surface area contributed by atoms with Crippen LogP contribution in [0.3, 0.4) is 0 Å². The maximum Gasteiger partial charge on any atom is 0.337 e. The predicted molar refractivity (Wildman–Crippen MR) is 77.7 cm³/mol. The number of hydrogen-bond acceptors (Lipinski definition) is 6. The molecule has 1 saturated heterocycles. The van der Waals surface area contributed by atoms with E-state index in [4.69, 9.17) is 5.73 Å². The Balaban J connectivity index is 2.28. The lowest BCUT2D eigenvalue weighted by Gasteiger charge is -2.35. The summed E-state index contributed by atoms with van der Waals surface area (Å²) < 4.78 is 27.8. The van der Waals surface area contributed by atoms with Crippen LogP contribution in [0.1, 0.15) is 17.3 Å². The number of nitrogens with two attached hydrogens (primary N) is 1. The number of carbonyl (C=O) groups excluding carboxylic acids is 1. The van der Waals surface area contributed by atoms with E-state index < -0.39 is 15.8 Å². The zero-order chi connectivity index (χ0) is 14.9. The Labute approximate surface area is 118 Å². The van der Waals surface area contributed by atoms with Gasteiger partial charge in [0.05, 0.1) is 35.6 Å². The van der Waals surface area contributed by atoms with Crippen molar-refractivity contribution in [3.05, 3.63) is 23.8 Å². The van der Waals surface area contributed by atoms with Gasteiger partial charge in [0.2, 0.25) is 0 Å². The van der Waals surface area contributed by atoms with E-state index in [1.165, 1.54) is 7.11 Å². The first-order valence-corrected chi connectivity index (χ1v) is 8.11. The minimum absolute atomic E-state index is 0.116. The third-order valence-electron chi connectivity index (χ3n) is 3.43. The Morgan fingerprint density at radius 1 is 1.45 bits per heavy atom. The van der Waals surface area contributed by atoms with Crippen LogP contribution in [0.2, 0.25) is 0 Å². The maximum atomic E-state index is 11.6. The summed E-state index contributed by atoms with van der Waals surface area (Å²) in [6.07, 6.45) is 0. The molecule has 1 fully saturated rings. The molecular weight excluding hydrogens is 280 g/mol. The van der Waals surface area contributed by atoms with Gasteiger partial charge in [-0.15, -0.1) is 0 Å². The Morgan fingerprint density at radius 2 is 2.15 bits per heavy atom. The van der Waals surface area contributed by atoms with E-state index in [-0.39, 0.29) is 17.5 Å². The molecule has 1 aliphatic heterocycles. The van der Waals surface area contributed by atoms with Crippen LogP contribution in [-0.4, -0.2) is 45.6 Å². The molecule has 0 aliphatic carbocycles. The molecule has 2 N–H and O–H groups in total. The second-order valence-electron chi connectivity index (χ2n) is 4.92. The van der Waals surface area contributed by atoms with Crippen molar-refractivity contribution < 1.29 is 17.9 Å². The molecule has 0 spiro atoms. The predicted octanol–water partition coefficient (Wildman–Crippen LogP) is 0.679. The minimum atomic E-state index is -2.97. The first kappa shape index (κ1) is 14.6. The highest BCUT2D eigenvalue weighted by Crippen LogP contribution is 2.28. The number of benzene rings is 1. The second-order valence-corrected chi connectivity index (χ2v) is 7.15. The lowest BCUT2D eigenvalue weighted by Crippen LogP contribution is -2.47. The quantitative estimate of drug-likeness (QED) is 0.638. The van der Waals surface area contributed by atoms with Crippen molar-refractivity contribution in [1.82, 2.24) is 0 Å². The van der Waals surface area contributed by atoms with E-state index in [9.17, 15) is 13.2 Å². The van der Waals surface area contributed by atoms with Gasteiger partial charge in [-0.1, -0.05) is 0 Å². The molecule has 0 saturated carbocycles. The molecule has 1 aromatic carbocycles. The molecule has 0 amide bonds. The molecule has 1 unspecified atom stereocenters. The van der Waals surface area contributed by atoms with E-state index in [0.29, 0.717) is 17.8 Å². The van der Waals surface area contributed by atoms with Gasteiger partial charge >= 0.3 is 5.97 Å². The van der Waals surface area contributed by atoms with E-state index in [1.54, 1.807) is 18.2 Å². The number of methoxy groups -OCH3 is 1. The summed E-state index contributed by atoms with van der Waals surface area (Å²) in [5, 5.41) is 0. The van der Waals surface area contributed by atoms with Crippen LogP contribution in [0.4, 0.5) is 11.4 Å². The number of rotatable bonds is 2. The number of nitrogens with zero attached hydrogens (tertiary/aromatic N) is 1. The summed E-state index contributed by atoms with van der Waals surface area (Å²) in [5.74, 6) is -0.210. The smallest absolute Gasteiger partial charge is 0.337 e. The summed E-state index contributed by atoms with van der Waals surface area (Å²) >= 11 is 0. The highest BCUT2D eigenvalue weighted by atomic mass is 32.2. The number of esters is 1. The van der Waals surface area contributed by atoms with Crippen LogP contribution < -0.4 is 10.6 Å². The van der Waals surface area contributed by atoms with Gasteiger partial charge in [-0.2, -0.15) is 0 Å². The summed E-state index contributed by atoms with van der Waals surface area (Å²) in [6, 6.07) is 4.78. The number of sulfone groups is 1. The van der Waals surface area contributed by atoms with Gasteiger partial charge in [0.25, 0.3) is 0 Å². The molecule has 1 aromatic rings. The number of nitrogen functional groups attached to an aromatic ring is 1. The SMILES string of the molecule is COC(=O)c1ccc(N2CCS(=O)(=O)CC2C)c(N)c1. The standard InChI is InChI=1S/C13H18N2O4S/c1-9-8-20(17,18)6-5-15(9)12-4-3-10(7-11(12)14)13(16)19-2/h3-4,7,9H,5-6,8,14H2,1-2H3. The van der Waals surface area contributed by atoms with Crippen molar-refractivity contribution >= 4 is 27.2 Å². The third kappa shape index (κ3) is 2.87. The van der Waals surface area contributed by atoms with E-state index >= 15 is 0 Å². The second kappa shape index (κ2) is 5.32. The highest BCUT2D eigenvalue weighted by Gasteiger charge is 2.29. The maximum absolute atomic E-state index is 11.6. The number of anilines is 2. The summed E-state index contributed by atoms with van der Waals surface area (Å²) in [5.41, 5.74) is 7.55. The van der Waals surface area contributed by atoms with Crippen LogP contribution in [-0.2, 0) is 14.6 Å². The first-order valence-electron chi connectivity index (χ1n) is 6.29. The van der Waals surface area contributed by atoms with Crippen LogP contribution in [0.5, 0.6) is 0 Å². The Hall–Kier alpha value is -1.76. The zero-order valence-corrected chi connectivity index (χ0v) is 12.3. The number of ether oxygens (including phenoxy) is 1. The van der Waals surface area contributed by atoms with E-state index in [2.05, 4.69) is 4.74 Å². The van der Waals surface area contributed by atoms with Crippen LogP contribution in [0, 0.1) is 0 Å². The largest absolute Gasteiger partial charge is 0.465 e. The fourth-order valence-corrected chi connectivity index (χ4v) is 3.97. The van der Waals surface area contributed by atoms with Gasteiger partial charge in [-0.05, 0) is 25.1 Å². The molecule has 1 atom stereocenters. The van der Waals surface area contributed by atoms with Crippen molar-refractivity contribution in [2.45, 2.75) is 13.0 Å². The average molecular weight is 298 g/mol. The molecule has 110 valence electrons. The van der Waals surface area contributed by atoms with Crippen LogP contribution in [0.25, 0.3) is 0 Å². The molecule has 1 heterocycles. The molecule has 0 bridgehead atoms. The summed E-state index contributed by atoms with van der Waals surface area (Å²) in [6.45, 7) is 2.26.